The molecule has 0 heterocycles. The molecule has 3 rings (SSSR count). The SMILES string of the molecule is CCN(C(=O)[C@H](COC)NC(=O)OCC1c2ccccc2-c2ccccc21)C(C)CC(=O)O. The van der Waals surface area contributed by atoms with Crippen LogP contribution in [0.2, 0.25) is 0 Å². The number of ether oxygens (including phenoxy) is 2. The highest BCUT2D eigenvalue weighted by atomic mass is 16.5. The maximum atomic E-state index is 13.0. The number of fused-ring (bicyclic) bond motifs is 3. The van der Waals surface area contributed by atoms with Crippen LogP contribution in [0.3, 0.4) is 0 Å². The van der Waals surface area contributed by atoms with Gasteiger partial charge in [0.15, 0.2) is 0 Å². The molecule has 0 bridgehead atoms. The third kappa shape index (κ3) is 5.51. The molecule has 1 aliphatic rings. The van der Waals surface area contributed by atoms with Crippen molar-refractivity contribution in [2.45, 2.75) is 38.3 Å². The summed E-state index contributed by atoms with van der Waals surface area (Å²) < 4.78 is 10.7. The van der Waals surface area contributed by atoms with Crippen molar-refractivity contribution >= 4 is 18.0 Å². The van der Waals surface area contributed by atoms with Crippen LogP contribution in [0.4, 0.5) is 4.79 Å². The second-order valence-corrected chi connectivity index (χ2v) is 8.05. The van der Waals surface area contributed by atoms with Crippen LogP contribution in [0.15, 0.2) is 48.5 Å². The Morgan fingerprint density at radius 1 is 1.06 bits per heavy atom. The van der Waals surface area contributed by atoms with E-state index in [1.807, 2.05) is 36.4 Å². The monoisotopic (exact) mass is 454 g/mol. The summed E-state index contributed by atoms with van der Waals surface area (Å²) in [6.07, 6.45) is -0.918. The third-order valence-electron chi connectivity index (χ3n) is 5.89. The lowest BCUT2D eigenvalue weighted by Crippen LogP contribution is -2.53. The summed E-state index contributed by atoms with van der Waals surface area (Å²) in [6, 6.07) is 14.5. The molecule has 2 amide bonds. The number of carboxylic acid groups (broad SMARTS) is 1. The fourth-order valence-electron chi connectivity index (χ4n) is 4.37. The number of carboxylic acids is 1. The van der Waals surface area contributed by atoms with E-state index in [1.54, 1.807) is 13.8 Å². The number of aliphatic carboxylic acids is 1. The summed E-state index contributed by atoms with van der Waals surface area (Å²) in [5.74, 6) is -1.51. The van der Waals surface area contributed by atoms with E-state index in [0.29, 0.717) is 6.54 Å². The van der Waals surface area contributed by atoms with E-state index in [-0.39, 0.29) is 25.6 Å². The van der Waals surface area contributed by atoms with Crippen molar-refractivity contribution < 1.29 is 29.0 Å². The van der Waals surface area contributed by atoms with Crippen LogP contribution in [-0.2, 0) is 19.1 Å². The van der Waals surface area contributed by atoms with Gasteiger partial charge >= 0.3 is 12.1 Å². The Hall–Kier alpha value is -3.39. The first-order valence-electron chi connectivity index (χ1n) is 11.0. The number of benzene rings is 2. The zero-order valence-corrected chi connectivity index (χ0v) is 19.1. The van der Waals surface area contributed by atoms with Gasteiger partial charge < -0.3 is 24.8 Å². The fourth-order valence-corrected chi connectivity index (χ4v) is 4.37. The van der Waals surface area contributed by atoms with E-state index in [0.717, 1.165) is 22.3 Å². The Morgan fingerprint density at radius 3 is 2.15 bits per heavy atom. The van der Waals surface area contributed by atoms with Gasteiger partial charge in [0.05, 0.1) is 13.0 Å². The van der Waals surface area contributed by atoms with E-state index < -0.39 is 30.1 Å². The molecule has 8 heteroatoms. The van der Waals surface area contributed by atoms with Crippen molar-refractivity contribution in [3.05, 3.63) is 59.7 Å². The van der Waals surface area contributed by atoms with Crippen molar-refractivity contribution in [3.63, 3.8) is 0 Å². The van der Waals surface area contributed by atoms with Gasteiger partial charge in [-0.15, -0.1) is 0 Å². The Kier molecular flexibility index (Phi) is 8.06. The smallest absolute Gasteiger partial charge is 0.407 e. The number of carbonyl (C=O) groups is 3. The molecule has 0 aliphatic heterocycles. The number of carbonyl (C=O) groups excluding carboxylic acids is 2. The minimum absolute atomic E-state index is 0.0562. The fraction of sp³-hybridized carbons (Fsp3) is 0.400. The van der Waals surface area contributed by atoms with Crippen molar-refractivity contribution in [2.24, 2.45) is 0 Å². The molecular weight excluding hydrogens is 424 g/mol. The average Bonchev–Trinajstić information content (AvgIpc) is 3.11. The summed E-state index contributed by atoms with van der Waals surface area (Å²) in [5, 5.41) is 11.6. The van der Waals surface area contributed by atoms with Gasteiger partial charge in [-0.2, -0.15) is 0 Å². The normalized spacial score (nSPS) is 14.0. The highest BCUT2D eigenvalue weighted by Gasteiger charge is 2.31. The topological polar surface area (TPSA) is 105 Å². The molecule has 1 aliphatic carbocycles. The van der Waals surface area contributed by atoms with Gasteiger partial charge in [-0.3, -0.25) is 9.59 Å². The zero-order valence-electron chi connectivity index (χ0n) is 19.1. The molecule has 1 unspecified atom stereocenters. The Morgan fingerprint density at radius 2 is 1.64 bits per heavy atom. The van der Waals surface area contributed by atoms with E-state index in [1.165, 1.54) is 12.0 Å². The molecule has 2 N–H and O–H groups in total. The predicted octanol–water partition coefficient (Wildman–Crippen LogP) is 3.25. The molecule has 8 nitrogen and oxygen atoms in total. The molecular formula is C25H30N2O6. The van der Waals surface area contributed by atoms with Gasteiger partial charge in [0.2, 0.25) is 5.91 Å². The van der Waals surface area contributed by atoms with Crippen molar-refractivity contribution in [1.82, 2.24) is 10.2 Å². The van der Waals surface area contributed by atoms with E-state index in [2.05, 4.69) is 17.4 Å². The standard InChI is InChI=1S/C25H30N2O6/c1-4-27(16(2)13-23(28)29)24(30)22(15-32-3)26-25(31)33-14-21-19-11-7-5-9-17(19)18-10-6-8-12-20(18)21/h5-12,16,21-22H,4,13-15H2,1-3H3,(H,26,31)(H,28,29)/t16?,22-/m0/s1. The second kappa shape index (κ2) is 11.0. The van der Waals surface area contributed by atoms with E-state index in [9.17, 15) is 14.4 Å². The van der Waals surface area contributed by atoms with E-state index >= 15 is 0 Å². The third-order valence-corrected chi connectivity index (χ3v) is 5.89. The molecule has 0 radical (unpaired) electrons. The number of methoxy groups -OCH3 is 1. The number of nitrogens with one attached hydrogen (secondary N) is 1. The zero-order chi connectivity index (χ0) is 24.0. The summed E-state index contributed by atoms with van der Waals surface area (Å²) in [4.78, 5) is 38.1. The minimum Gasteiger partial charge on any atom is -0.481 e. The van der Waals surface area contributed by atoms with Crippen molar-refractivity contribution in [1.29, 1.82) is 0 Å². The number of nitrogens with zero attached hydrogens (tertiary/aromatic N) is 1. The number of rotatable bonds is 10. The summed E-state index contributed by atoms with van der Waals surface area (Å²) in [7, 11) is 1.43. The average molecular weight is 455 g/mol. The molecule has 2 atom stereocenters. The molecule has 0 saturated heterocycles. The molecule has 0 saturated carbocycles. The van der Waals surface area contributed by atoms with Crippen LogP contribution in [0.25, 0.3) is 11.1 Å². The second-order valence-electron chi connectivity index (χ2n) is 8.05. The molecule has 0 fully saturated rings. The Bertz CT molecular complexity index is 962. The Balaban J connectivity index is 1.67. The maximum absolute atomic E-state index is 13.0. The van der Waals surface area contributed by atoms with Gasteiger partial charge in [-0.05, 0) is 36.1 Å². The van der Waals surface area contributed by atoms with Gasteiger partial charge in [0.25, 0.3) is 0 Å². The minimum atomic E-state index is -0.999. The van der Waals surface area contributed by atoms with Crippen LogP contribution >= 0.6 is 0 Å². The van der Waals surface area contributed by atoms with E-state index in [4.69, 9.17) is 14.6 Å². The van der Waals surface area contributed by atoms with Crippen LogP contribution in [0.5, 0.6) is 0 Å². The van der Waals surface area contributed by atoms with Gasteiger partial charge in [0.1, 0.15) is 12.6 Å². The predicted molar refractivity (Wildman–Crippen MR) is 123 cm³/mol. The molecule has 0 spiro atoms. The highest BCUT2D eigenvalue weighted by Crippen LogP contribution is 2.44. The summed E-state index contributed by atoms with van der Waals surface area (Å²) >= 11 is 0. The lowest BCUT2D eigenvalue weighted by Gasteiger charge is -2.31. The van der Waals surface area contributed by atoms with Crippen LogP contribution in [-0.4, -0.2) is 66.9 Å². The number of amides is 2. The highest BCUT2D eigenvalue weighted by molar-refractivity contribution is 5.86. The van der Waals surface area contributed by atoms with Gasteiger partial charge in [-0.25, -0.2) is 4.79 Å². The quantitative estimate of drug-likeness (QED) is 0.571. The first-order chi connectivity index (χ1) is 15.9. The maximum Gasteiger partial charge on any atom is 0.407 e. The summed E-state index contributed by atoms with van der Waals surface area (Å²) in [5.41, 5.74) is 4.44. The Labute approximate surface area is 193 Å². The number of hydrogen-bond acceptors (Lipinski definition) is 5. The lowest BCUT2D eigenvalue weighted by atomic mass is 9.98. The van der Waals surface area contributed by atoms with Crippen LogP contribution in [0, 0.1) is 0 Å². The van der Waals surface area contributed by atoms with Crippen molar-refractivity contribution in [3.8, 4) is 11.1 Å². The van der Waals surface area contributed by atoms with Gasteiger partial charge in [-0.1, -0.05) is 48.5 Å². The molecule has 176 valence electrons. The first kappa shape index (κ1) is 24.3. The van der Waals surface area contributed by atoms with Gasteiger partial charge in [0, 0.05) is 25.6 Å². The van der Waals surface area contributed by atoms with Crippen LogP contribution < -0.4 is 5.32 Å². The largest absolute Gasteiger partial charge is 0.481 e. The molecule has 2 aromatic carbocycles. The molecule has 0 aromatic heterocycles. The molecule has 33 heavy (non-hydrogen) atoms. The molecule has 2 aromatic rings. The van der Waals surface area contributed by atoms with Crippen molar-refractivity contribution in [2.75, 3.05) is 26.9 Å². The number of alkyl carbamates (subject to hydrolysis) is 1. The number of likely N-dealkylation sites (N-methyl/N-ethyl adjacent to an activating group) is 1. The van der Waals surface area contributed by atoms with Crippen LogP contribution in [0.1, 0.15) is 37.3 Å². The lowest BCUT2D eigenvalue weighted by molar-refractivity contribution is -0.141. The number of hydrogen-bond donors (Lipinski definition) is 2. The first-order valence-corrected chi connectivity index (χ1v) is 11.0. The summed E-state index contributed by atoms with van der Waals surface area (Å²) in [6.45, 7) is 3.79.